The summed E-state index contributed by atoms with van der Waals surface area (Å²) in [7, 11) is -3.64. The molecule has 0 aromatic heterocycles. The van der Waals surface area contributed by atoms with E-state index in [0.717, 1.165) is 0 Å². The van der Waals surface area contributed by atoms with Crippen molar-refractivity contribution in [3.05, 3.63) is 55.7 Å². The molecule has 0 aliphatic carbocycles. The van der Waals surface area contributed by atoms with Crippen molar-refractivity contribution in [2.45, 2.75) is 19.8 Å². The van der Waals surface area contributed by atoms with Gasteiger partial charge in [0.15, 0.2) is 9.84 Å². The summed E-state index contributed by atoms with van der Waals surface area (Å²) in [5.41, 5.74) is 1.74. The molecular weight excluding hydrogens is 411 g/mol. The highest BCUT2D eigenvalue weighted by Gasteiger charge is 2.42. The van der Waals surface area contributed by atoms with Crippen LogP contribution in [-0.2, 0) is 19.4 Å². The first-order chi connectivity index (χ1) is 12.8. The minimum atomic E-state index is -3.64. The van der Waals surface area contributed by atoms with Gasteiger partial charge in [-0.2, -0.15) is 0 Å². The fourth-order valence-corrected chi connectivity index (χ4v) is 5.58. The molecule has 0 bridgehead atoms. The summed E-state index contributed by atoms with van der Waals surface area (Å²) in [4.78, 5) is 12.9. The molecule has 27 heavy (non-hydrogen) atoms. The van der Waals surface area contributed by atoms with Crippen molar-refractivity contribution in [2.24, 2.45) is 0 Å². The van der Waals surface area contributed by atoms with Crippen molar-refractivity contribution in [1.29, 1.82) is 0 Å². The highest BCUT2D eigenvalue weighted by atomic mass is 35.5. The number of hydrogen-bond donors (Lipinski definition) is 2. The van der Waals surface area contributed by atoms with Crippen LogP contribution in [0.4, 0.5) is 0 Å². The molecule has 1 unspecified atom stereocenters. The van der Waals surface area contributed by atoms with Gasteiger partial charge in [-0.05, 0) is 25.5 Å². The lowest BCUT2D eigenvalue weighted by Gasteiger charge is -2.31. The van der Waals surface area contributed by atoms with Crippen LogP contribution in [0.5, 0.6) is 0 Å². The van der Waals surface area contributed by atoms with Gasteiger partial charge in [0, 0.05) is 24.5 Å². The topological polar surface area (TPSA) is 84.5 Å². The number of hydrogen-bond acceptors (Lipinski definition) is 6. The molecule has 1 aromatic carbocycles. The quantitative estimate of drug-likeness (QED) is 0.717. The van der Waals surface area contributed by atoms with Crippen LogP contribution in [0.3, 0.4) is 0 Å². The van der Waals surface area contributed by atoms with Gasteiger partial charge in [0.1, 0.15) is 0 Å². The van der Waals surface area contributed by atoms with Gasteiger partial charge in [-0.1, -0.05) is 35.3 Å². The Hall–Kier alpha value is -1.54. The van der Waals surface area contributed by atoms with Crippen molar-refractivity contribution < 1.29 is 17.9 Å². The van der Waals surface area contributed by atoms with Gasteiger partial charge in [0.2, 0.25) is 0 Å². The Balaban J connectivity index is 2.30. The number of carbonyl (C=O) groups excluding carboxylic acids is 1. The average Bonchev–Trinajstić information content (AvgIpc) is 2.74. The molecular formula is C18H20Cl2N2O4S. The molecule has 0 saturated heterocycles. The molecule has 9 heteroatoms. The number of ether oxygens (including phenoxy) is 1. The lowest BCUT2D eigenvalue weighted by atomic mass is 9.86. The summed E-state index contributed by atoms with van der Waals surface area (Å²) >= 11 is 12.6. The Labute approximate surface area is 168 Å². The Morgan fingerprint density at radius 3 is 2.78 bits per heavy atom. The van der Waals surface area contributed by atoms with Crippen LogP contribution >= 0.6 is 23.2 Å². The molecule has 3 rings (SSSR count). The molecule has 1 aromatic rings. The molecule has 2 N–H and O–H groups in total. The van der Waals surface area contributed by atoms with Gasteiger partial charge in [-0.25, -0.2) is 13.2 Å². The zero-order chi connectivity index (χ0) is 19.8. The Kier molecular flexibility index (Phi) is 5.86. The zero-order valence-corrected chi connectivity index (χ0v) is 17.3. The number of dihydropyridines is 1. The van der Waals surface area contributed by atoms with E-state index in [1.54, 1.807) is 32.0 Å². The molecule has 1 atom stereocenters. The molecule has 146 valence electrons. The maximum Gasteiger partial charge on any atom is 0.336 e. The smallest absolute Gasteiger partial charge is 0.336 e. The van der Waals surface area contributed by atoms with Crippen LogP contribution in [-0.4, -0.2) is 39.8 Å². The van der Waals surface area contributed by atoms with Gasteiger partial charge in [-0.3, -0.25) is 0 Å². The molecule has 0 amide bonds. The van der Waals surface area contributed by atoms with Crippen LogP contribution in [0.1, 0.15) is 25.3 Å². The number of esters is 1. The fourth-order valence-electron chi connectivity index (χ4n) is 3.43. The molecule has 0 radical (unpaired) electrons. The average molecular weight is 431 g/mol. The fraction of sp³-hybridized carbons (Fsp3) is 0.389. The third kappa shape index (κ3) is 3.74. The maximum atomic E-state index is 13.1. The molecule has 0 saturated carbocycles. The van der Waals surface area contributed by atoms with Crippen LogP contribution < -0.4 is 10.6 Å². The first-order valence-corrected chi connectivity index (χ1v) is 10.9. The summed E-state index contributed by atoms with van der Waals surface area (Å²) < 4.78 is 31.3. The van der Waals surface area contributed by atoms with Crippen molar-refractivity contribution in [1.82, 2.24) is 10.6 Å². The normalized spacial score (nSPS) is 22.0. The number of carbonyl (C=O) groups is 1. The van der Waals surface area contributed by atoms with Gasteiger partial charge in [0.25, 0.3) is 0 Å². The summed E-state index contributed by atoms with van der Waals surface area (Å²) in [5, 5.41) is 6.68. The van der Waals surface area contributed by atoms with Crippen LogP contribution in [0.2, 0.25) is 10.0 Å². The van der Waals surface area contributed by atoms with Gasteiger partial charge >= 0.3 is 5.97 Å². The minimum Gasteiger partial charge on any atom is -0.463 e. The van der Waals surface area contributed by atoms with E-state index in [0.29, 0.717) is 35.1 Å². The van der Waals surface area contributed by atoms with E-state index >= 15 is 0 Å². The number of rotatable bonds is 3. The second-order valence-corrected chi connectivity index (χ2v) is 9.16. The summed E-state index contributed by atoms with van der Waals surface area (Å²) in [6.07, 6.45) is 0. The molecule has 2 aliphatic heterocycles. The number of nitrogens with one attached hydrogen (secondary N) is 2. The van der Waals surface area contributed by atoms with E-state index in [-0.39, 0.29) is 27.9 Å². The largest absolute Gasteiger partial charge is 0.463 e. The molecule has 6 nitrogen and oxygen atoms in total. The van der Waals surface area contributed by atoms with Crippen LogP contribution in [0.25, 0.3) is 0 Å². The van der Waals surface area contributed by atoms with Crippen molar-refractivity contribution in [3.8, 4) is 0 Å². The third-order valence-electron chi connectivity index (χ3n) is 4.56. The number of sulfone groups is 1. The Morgan fingerprint density at radius 1 is 1.33 bits per heavy atom. The number of benzene rings is 1. The monoisotopic (exact) mass is 430 g/mol. The van der Waals surface area contributed by atoms with Gasteiger partial charge in [-0.15, -0.1) is 0 Å². The van der Waals surface area contributed by atoms with Crippen LogP contribution in [0, 0.1) is 0 Å². The summed E-state index contributed by atoms with van der Waals surface area (Å²) in [6.45, 7) is 4.25. The minimum absolute atomic E-state index is 0.0721. The second kappa shape index (κ2) is 7.83. The Bertz CT molecular complexity index is 954. The summed E-state index contributed by atoms with van der Waals surface area (Å²) in [6, 6.07) is 4.99. The van der Waals surface area contributed by atoms with Crippen molar-refractivity contribution >= 4 is 39.0 Å². The summed E-state index contributed by atoms with van der Waals surface area (Å²) in [5.74, 6) is -1.53. The highest BCUT2D eigenvalue weighted by Crippen LogP contribution is 2.45. The van der Waals surface area contributed by atoms with E-state index in [4.69, 9.17) is 27.9 Å². The van der Waals surface area contributed by atoms with Gasteiger partial charge in [0.05, 0.1) is 38.8 Å². The SMILES string of the molecule is CCOC(=O)C1=C(C)NC2=C(C1c1cccc(Cl)c1Cl)S(=O)(=O)CCNC2. The highest BCUT2D eigenvalue weighted by molar-refractivity contribution is 7.95. The second-order valence-electron chi connectivity index (χ2n) is 6.30. The molecule has 2 heterocycles. The molecule has 2 aliphatic rings. The predicted octanol–water partition coefficient (Wildman–Crippen LogP) is 2.75. The number of halogens is 2. The van der Waals surface area contributed by atoms with E-state index in [9.17, 15) is 13.2 Å². The Morgan fingerprint density at radius 2 is 2.07 bits per heavy atom. The van der Waals surface area contributed by atoms with Crippen molar-refractivity contribution in [2.75, 3.05) is 25.4 Å². The lowest BCUT2D eigenvalue weighted by molar-refractivity contribution is -0.138. The van der Waals surface area contributed by atoms with Crippen molar-refractivity contribution in [3.63, 3.8) is 0 Å². The first-order valence-electron chi connectivity index (χ1n) is 8.53. The zero-order valence-electron chi connectivity index (χ0n) is 14.9. The number of allylic oxidation sites excluding steroid dienone is 2. The predicted molar refractivity (Wildman–Crippen MR) is 105 cm³/mol. The third-order valence-corrected chi connectivity index (χ3v) is 7.29. The van der Waals surface area contributed by atoms with E-state index < -0.39 is 21.7 Å². The van der Waals surface area contributed by atoms with E-state index in [1.807, 2.05) is 0 Å². The van der Waals surface area contributed by atoms with E-state index in [1.165, 1.54) is 0 Å². The standard InChI is InChI=1S/C18H20Cl2N2O4S/c1-3-26-18(23)14-10(2)22-13-9-21-7-8-27(24,25)17(13)15(14)11-5-4-6-12(19)16(11)20/h4-6,15,21-22H,3,7-9H2,1-2H3. The van der Waals surface area contributed by atoms with Gasteiger partial charge < -0.3 is 15.4 Å². The lowest BCUT2D eigenvalue weighted by Crippen LogP contribution is -2.34. The van der Waals surface area contributed by atoms with Crippen LogP contribution in [0.15, 0.2) is 40.1 Å². The maximum absolute atomic E-state index is 13.1. The first kappa shape index (κ1) is 20.2. The molecule has 0 spiro atoms. The van der Waals surface area contributed by atoms with E-state index in [2.05, 4.69) is 10.6 Å². The molecule has 0 fully saturated rings.